The van der Waals surface area contributed by atoms with Gasteiger partial charge in [0.1, 0.15) is 9.88 Å². The Morgan fingerprint density at radius 1 is 1.10 bits per heavy atom. The SMILES string of the molecule is CCc1ccc(-c2nc(C)c(C(=O)N3CCN(c4cncc(OC)n4)CC3)s2)cc1. The van der Waals surface area contributed by atoms with Gasteiger partial charge in [0.05, 0.1) is 25.2 Å². The molecule has 30 heavy (non-hydrogen) atoms. The average Bonchev–Trinajstić information content (AvgIpc) is 3.20. The molecular formula is C22H25N5O2S. The summed E-state index contributed by atoms with van der Waals surface area (Å²) in [6.45, 7) is 6.73. The minimum absolute atomic E-state index is 0.0535. The van der Waals surface area contributed by atoms with E-state index >= 15 is 0 Å². The molecule has 0 unspecified atom stereocenters. The summed E-state index contributed by atoms with van der Waals surface area (Å²) in [6, 6.07) is 8.40. The first kappa shape index (κ1) is 20.3. The zero-order valence-corrected chi connectivity index (χ0v) is 18.3. The number of carbonyl (C=O) groups excluding carboxylic acids is 1. The summed E-state index contributed by atoms with van der Waals surface area (Å²) in [5.74, 6) is 1.32. The summed E-state index contributed by atoms with van der Waals surface area (Å²) < 4.78 is 5.16. The molecule has 3 heterocycles. The highest BCUT2D eigenvalue weighted by Crippen LogP contribution is 2.29. The number of methoxy groups -OCH3 is 1. The van der Waals surface area contributed by atoms with Crippen LogP contribution in [0.5, 0.6) is 5.88 Å². The monoisotopic (exact) mass is 423 g/mol. The number of nitrogens with zero attached hydrogens (tertiary/aromatic N) is 5. The Morgan fingerprint density at radius 3 is 2.50 bits per heavy atom. The van der Waals surface area contributed by atoms with E-state index in [0.717, 1.165) is 33.4 Å². The maximum Gasteiger partial charge on any atom is 0.265 e. The van der Waals surface area contributed by atoms with Crippen LogP contribution in [0, 0.1) is 6.92 Å². The number of benzene rings is 1. The molecule has 1 aliphatic heterocycles. The average molecular weight is 424 g/mol. The number of hydrogen-bond acceptors (Lipinski definition) is 7. The summed E-state index contributed by atoms with van der Waals surface area (Å²) in [7, 11) is 1.58. The Bertz CT molecular complexity index is 1030. The largest absolute Gasteiger partial charge is 0.480 e. The van der Waals surface area contributed by atoms with Gasteiger partial charge in [-0.25, -0.2) is 4.98 Å². The molecule has 1 aliphatic rings. The number of rotatable bonds is 5. The molecule has 0 spiro atoms. The van der Waals surface area contributed by atoms with E-state index in [-0.39, 0.29) is 5.91 Å². The van der Waals surface area contributed by atoms with Crippen LogP contribution in [0.1, 0.15) is 27.9 Å². The predicted molar refractivity (Wildman–Crippen MR) is 118 cm³/mol. The number of amides is 1. The highest BCUT2D eigenvalue weighted by atomic mass is 32.1. The third-order valence-corrected chi connectivity index (χ3v) is 6.49. The van der Waals surface area contributed by atoms with Crippen molar-refractivity contribution in [2.45, 2.75) is 20.3 Å². The van der Waals surface area contributed by atoms with Gasteiger partial charge >= 0.3 is 0 Å². The van der Waals surface area contributed by atoms with Crippen molar-refractivity contribution in [3.05, 3.63) is 52.8 Å². The smallest absolute Gasteiger partial charge is 0.265 e. The van der Waals surface area contributed by atoms with E-state index in [4.69, 9.17) is 4.74 Å². The molecule has 1 saturated heterocycles. The quantitative estimate of drug-likeness (QED) is 0.626. The molecule has 1 amide bonds. The van der Waals surface area contributed by atoms with Gasteiger partial charge in [-0.3, -0.25) is 9.78 Å². The van der Waals surface area contributed by atoms with Gasteiger partial charge in [-0.1, -0.05) is 31.2 Å². The van der Waals surface area contributed by atoms with Crippen LogP contribution in [0.4, 0.5) is 5.82 Å². The first-order valence-electron chi connectivity index (χ1n) is 10.1. The van der Waals surface area contributed by atoms with E-state index in [1.54, 1.807) is 19.5 Å². The molecule has 0 saturated carbocycles. The Labute approximate surface area is 180 Å². The molecule has 0 bridgehead atoms. The number of aryl methyl sites for hydroxylation is 2. The first-order valence-corrected chi connectivity index (χ1v) is 10.9. The van der Waals surface area contributed by atoms with Gasteiger partial charge in [0, 0.05) is 31.7 Å². The van der Waals surface area contributed by atoms with Crippen LogP contribution in [-0.4, -0.2) is 59.0 Å². The van der Waals surface area contributed by atoms with Crippen LogP contribution in [-0.2, 0) is 6.42 Å². The zero-order chi connectivity index (χ0) is 21.1. The molecule has 8 heteroatoms. The lowest BCUT2D eigenvalue weighted by atomic mass is 10.1. The number of piperazine rings is 1. The first-order chi connectivity index (χ1) is 14.6. The molecule has 3 aromatic rings. The minimum Gasteiger partial charge on any atom is -0.480 e. The van der Waals surface area contributed by atoms with Gasteiger partial charge in [-0.15, -0.1) is 11.3 Å². The van der Waals surface area contributed by atoms with Crippen LogP contribution >= 0.6 is 11.3 Å². The maximum absolute atomic E-state index is 13.1. The standard InChI is InChI=1S/C22H25N5O2S/c1-4-16-5-7-17(8-6-16)21-24-15(2)20(30-21)22(28)27-11-9-26(10-12-27)18-13-23-14-19(25-18)29-3/h5-8,13-14H,4,9-12H2,1-3H3. The lowest BCUT2D eigenvalue weighted by Gasteiger charge is -2.35. The molecule has 0 atom stereocenters. The number of ether oxygens (including phenoxy) is 1. The van der Waals surface area contributed by atoms with Crippen molar-refractivity contribution < 1.29 is 9.53 Å². The van der Waals surface area contributed by atoms with E-state index in [0.29, 0.717) is 32.1 Å². The van der Waals surface area contributed by atoms with Crippen molar-refractivity contribution in [1.82, 2.24) is 19.9 Å². The summed E-state index contributed by atoms with van der Waals surface area (Å²) in [6.07, 6.45) is 4.32. The number of hydrogen-bond donors (Lipinski definition) is 0. The lowest BCUT2D eigenvalue weighted by molar-refractivity contribution is 0.0750. The van der Waals surface area contributed by atoms with Gasteiger partial charge in [-0.05, 0) is 18.9 Å². The van der Waals surface area contributed by atoms with Crippen LogP contribution in [0.2, 0.25) is 0 Å². The van der Waals surface area contributed by atoms with Crippen molar-refractivity contribution in [3.63, 3.8) is 0 Å². The molecule has 1 aromatic carbocycles. The Kier molecular flexibility index (Phi) is 5.94. The van der Waals surface area contributed by atoms with E-state index in [2.05, 4.69) is 51.0 Å². The van der Waals surface area contributed by atoms with E-state index < -0.39 is 0 Å². The third kappa shape index (κ3) is 4.14. The second kappa shape index (κ2) is 8.79. The number of anilines is 1. The molecular weight excluding hydrogens is 398 g/mol. The summed E-state index contributed by atoms with van der Waals surface area (Å²) in [4.78, 5) is 31.2. The van der Waals surface area contributed by atoms with Crippen LogP contribution < -0.4 is 9.64 Å². The van der Waals surface area contributed by atoms with E-state index in [1.807, 2.05) is 11.8 Å². The Morgan fingerprint density at radius 2 is 1.83 bits per heavy atom. The predicted octanol–water partition coefficient (Wildman–Crippen LogP) is 3.44. The summed E-state index contributed by atoms with van der Waals surface area (Å²) >= 11 is 1.48. The number of thiazole rings is 1. The Hall–Kier alpha value is -3.00. The highest BCUT2D eigenvalue weighted by Gasteiger charge is 2.26. The number of carbonyl (C=O) groups is 1. The minimum atomic E-state index is 0.0535. The number of aromatic nitrogens is 3. The van der Waals surface area contributed by atoms with Gasteiger partial charge in [0.25, 0.3) is 5.91 Å². The molecule has 4 rings (SSSR count). The second-order valence-electron chi connectivity index (χ2n) is 7.18. The third-order valence-electron chi connectivity index (χ3n) is 5.30. The normalized spacial score (nSPS) is 14.1. The highest BCUT2D eigenvalue weighted by molar-refractivity contribution is 7.17. The fourth-order valence-electron chi connectivity index (χ4n) is 3.47. The van der Waals surface area contributed by atoms with Crippen molar-refractivity contribution >= 4 is 23.1 Å². The van der Waals surface area contributed by atoms with Crippen molar-refractivity contribution in [2.75, 3.05) is 38.2 Å². The second-order valence-corrected chi connectivity index (χ2v) is 8.18. The summed E-state index contributed by atoms with van der Waals surface area (Å²) in [5, 5.41) is 0.892. The summed E-state index contributed by atoms with van der Waals surface area (Å²) in [5.41, 5.74) is 3.14. The van der Waals surface area contributed by atoms with Crippen molar-refractivity contribution in [1.29, 1.82) is 0 Å². The molecule has 1 fully saturated rings. The van der Waals surface area contributed by atoms with E-state index in [1.165, 1.54) is 16.9 Å². The van der Waals surface area contributed by atoms with Crippen molar-refractivity contribution in [2.24, 2.45) is 0 Å². The van der Waals surface area contributed by atoms with Crippen LogP contribution in [0.25, 0.3) is 10.6 Å². The van der Waals surface area contributed by atoms with Gasteiger partial charge in [-0.2, -0.15) is 4.98 Å². The molecule has 0 N–H and O–H groups in total. The molecule has 7 nitrogen and oxygen atoms in total. The maximum atomic E-state index is 13.1. The van der Waals surface area contributed by atoms with Crippen LogP contribution in [0.15, 0.2) is 36.7 Å². The van der Waals surface area contributed by atoms with Gasteiger partial charge in [0.2, 0.25) is 5.88 Å². The van der Waals surface area contributed by atoms with Gasteiger partial charge < -0.3 is 14.5 Å². The molecule has 0 radical (unpaired) electrons. The zero-order valence-electron chi connectivity index (χ0n) is 17.5. The molecule has 156 valence electrons. The lowest BCUT2D eigenvalue weighted by Crippen LogP contribution is -2.49. The Balaban J connectivity index is 1.44. The molecule has 0 aliphatic carbocycles. The molecule has 2 aromatic heterocycles. The fraction of sp³-hybridized carbons (Fsp3) is 0.364. The van der Waals surface area contributed by atoms with E-state index in [9.17, 15) is 4.79 Å². The van der Waals surface area contributed by atoms with Gasteiger partial charge in [0.15, 0.2) is 5.82 Å². The van der Waals surface area contributed by atoms with Crippen molar-refractivity contribution in [3.8, 4) is 16.5 Å². The topological polar surface area (TPSA) is 71.5 Å². The van der Waals surface area contributed by atoms with Crippen LogP contribution in [0.3, 0.4) is 0 Å². The fourth-order valence-corrected chi connectivity index (χ4v) is 4.51.